The highest BCUT2D eigenvalue weighted by Crippen LogP contribution is 2.14. The summed E-state index contributed by atoms with van der Waals surface area (Å²) in [5.41, 5.74) is 5.64. The number of nitrogens with zero attached hydrogens (tertiary/aromatic N) is 2. The van der Waals surface area contributed by atoms with Crippen molar-refractivity contribution in [1.29, 1.82) is 0 Å². The lowest BCUT2D eigenvalue weighted by Crippen LogP contribution is -2.55. The largest absolute Gasteiger partial charge is 0.330 e. The summed E-state index contributed by atoms with van der Waals surface area (Å²) < 4.78 is 0. The normalized spacial score (nSPS) is 31.8. The predicted octanol–water partition coefficient (Wildman–Crippen LogP) is 0.996. The van der Waals surface area contributed by atoms with Crippen LogP contribution in [0.4, 0.5) is 0 Å². The number of hydrogen-bond acceptors (Lipinski definition) is 3. The molecule has 0 aromatic carbocycles. The highest BCUT2D eigenvalue weighted by atomic mass is 15.3. The van der Waals surface area contributed by atoms with Gasteiger partial charge in [0.1, 0.15) is 0 Å². The van der Waals surface area contributed by atoms with Crippen molar-refractivity contribution in [3.63, 3.8) is 0 Å². The molecule has 1 rings (SSSR count). The van der Waals surface area contributed by atoms with Crippen molar-refractivity contribution in [2.45, 2.75) is 39.3 Å². The molecule has 0 amide bonds. The van der Waals surface area contributed by atoms with Gasteiger partial charge in [-0.3, -0.25) is 4.90 Å². The summed E-state index contributed by atoms with van der Waals surface area (Å²) in [5.74, 6) is 0.662. The van der Waals surface area contributed by atoms with Crippen molar-refractivity contribution in [3.05, 3.63) is 0 Å². The van der Waals surface area contributed by atoms with E-state index < -0.39 is 0 Å². The van der Waals surface area contributed by atoms with E-state index in [0.29, 0.717) is 18.0 Å². The SMILES string of the molecule is CC(CN)CCN1CC(C)N(C)C(C)C1. The van der Waals surface area contributed by atoms with Crippen molar-refractivity contribution in [1.82, 2.24) is 9.80 Å². The lowest BCUT2D eigenvalue weighted by atomic mass is 10.1. The van der Waals surface area contributed by atoms with Crippen molar-refractivity contribution in [3.8, 4) is 0 Å². The zero-order valence-corrected chi connectivity index (χ0v) is 10.7. The minimum atomic E-state index is 0.662. The maximum Gasteiger partial charge on any atom is 0.0195 e. The molecular weight excluding hydrogens is 186 g/mol. The Labute approximate surface area is 94.6 Å². The van der Waals surface area contributed by atoms with Gasteiger partial charge in [-0.05, 0) is 46.3 Å². The van der Waals surface area contributed by atoms with Crippen LogP contribution in [0.2, 0.25) is 0 Å². The highest BCUT2D eigenvalue weighted by molar-refractivity contribution is 4.82. The minimum absolute atomic E-state index is 0.662. The van der Waals surface area contributed by atoms with E-state index in [1.54, 1.807) is 0 Å². The number of likely N-dealkylation sites (N-methyl/N-ethyl adjacent to an activating group) is 1. The van der Waals surface area contributed by atoms with Crippen LogP contribution < -0.4 is 5.73 Å². The van der Waals surface area contributed by atoms with E-state index in [1.807, 2.05) is 0 Å². The maximum absolute atomic E-state index is 5.64. The zero-order chi connectivity index (χ0) is 11.4. The van der Waals surface area contributed by atoms with Crippen LogP contribution >= 0.6 is 0 Å². The first kappa shape index (κ1) is 12.9. The van der Waals surface area contributed by atoms with E-state index in [1.165, 1.54) is 26.1 Å². The molecule has 0 radical (unpaired) electrons. The average Bonchev–Trinajstić information content (AvgIpc) is 2.22. The molecule has 90 valence electrons. The third-order valence-electron chi connectivity index (χ3n) is 3.78. The van der Waals surface area contributed by atoms with E-state index >= 15 is 0 Å². The Kier molecular flexibility index (Phi) is 5.03. The van der Waals surface area contributed by atoms with Gasteiger partial charge in [0, 0.05) is 25.2 Å². The minimum Gasteiger partial charge on any atom is -0.330 e. The van der Waals surface area contributed by atoms with Gasteiger partial charge in [-0.2, -0.15) is 0 Å². The van der Waals surface area contributed by atoms with Gasteiger partial charge in [-0.1, -0.05) is 6.92 Å². The lowest BCUT2D eigenvalue weighted by Gasteiger charge is -2.42. The van der Waals surface area contributed by atoms with Crippen molar-refractivity contribution >= 4 is 0 Å². The second kappa shape index (κ2) is 5.83. The van der Waals surface area contributed by atoms with Gasteiger partial charge in [0.25, 0.3) is 0 Å². The van der Waals surface area contributed by atoms with E-state index in [0.717, 1.165) is 6.54 Å². The maximum atomic E-state index is 5.64. The fourth-order valence-electron chi connectivity index (χ4n) is 2.22. The third kappa shape index (κ3) is 3.74. The first-order valence-electron chi connectivity index (χ1n) is 6.19. The fraction of sp³-hybridized carbons (Fsp3) is 1.00. The molecule has 15 heavy (non-hydrogen) atoms. The molecular formula is C12H27N3. The third-order valence-corrected chi connectivity index (χ3v) is 3.78. The Morgan fingerprint density at radius 1 is 1.27 bits per heavy atom. The van der Waals surface area contributed by atoms with Gasteiger partial charge in [-0.15, -0.1) is 0 Å². The van der Waals surface area contributed by atoms with E-state index in [-0.39, 0.29) is 0 Å². The number of rotatable bonds is 4. The number of piperazine rings is 1. The molecule has 3 unspecified atom stereocenters. The van der Waals surface area contributed by atoms with Crippen LogP contribution in [0.1, 0.15) is 27.2 Å². The molecule has 1 aliphatic heterocycles. The molecule has 0 saturated carbocycles. The molecule has 3 atom stereocenters. The Morgan fingerprint density at radius 3 is 2.27 bits per heavy atom. The molecule has 0 spiro atoms. The Morgan fingerprint density at radius 2 is 1.80 bits per heavy atom. The van der Waals surface area contributed by atoms with Crippen LogP contribution in [0, 0.1) is 5.92 Å². The fourth-order valence-corrected chi connectivity index (χ4v) is 2.22. The van der Waals surface area contributed by atoms with Gasteiger partial charge in [0.15, 0.2) is 0 Å². The van der Waals surface area contributed by atoms with Crippen molar-refractivity contribution in [2.75, 3.05) is 33.2 Å². The van der Waals surface area contributed by atoms with Crippen molar-refractivity contribution in [2.24, 2.45) is 11.7 Å². The van der Waals surface area contributed by atoms with Crippen molar-refractivity contribution < 1.29 is 0 Å². The Bertz CT molecular complexity index is 172. The summed E-state index contributed by atoms with van der Waals surface area (Å²) in [4.78, 5) is 5.06. The van der Waals surface area contributed by atoms with Crippen LogP contribution in [-0.2, 0) is 0 Å². The first-order chi connectivity index (χ1) is 7.04. The van der Waals surface area contributed by atoms with Crippen LogP contribution in [0.25, 0.3) is 0 Å². The summed E-state index contributed by atoms with van der Waals surface area (Å²) in [6.07, 6.45) is 1.24. The second-order valence-electron chi connectivity index (χ2n) is 5.25. The highest BCUT2D eigenvalue weighted by Gasteiger charge is 2.25. The summed E-state index contributed by atoms with van der Waals surface area (Å²) >= 11 is 0. The predicted molar refractivity (Wildman–Crippen MR) is 66.0 cm³/mol. The quantitative estimate of drug-likeness (QED) is 0.756. The molecule has 1 saturated heterocycles. The summed E-state index contributed by atoms with van der Waals surface area (Å²) in [7, 11) is 2.23. The van der Waals surface area contributed by atoms with Crippen LogP contribution in [-0.4, -0.2) is 55.1 Å². The van der Waals surface area contributed by atoms with Gasteiger partial charge in [0.05, 0.1) is 0 Å². The lowest BCUT2D eigenvalue weighted by molar-refractivity contribution is 0.0573. The van der Waals surface area contributed by atoms with Gasteiger partial charge < -0.3 is 10.6 Å². The molecule has 2 N–H and O–H groups in total. The van der Waals surface area contributed by atoms with Gasteiger partial charge >= 0.3 is 0 Å². The molecule has 0 aromatic heterocycles. The molecule has 3 nitrogen and oxygen atoms in total. The topological polar surface area (TPSA) is 32.5 Å². The summed E-state index contributed by atoms with van der Waals surface area (Å²) in [5, 5.41) is 0. The smallest absolute Gasteiger partial charge is 0.0195 e. The molecule has 3 heteroatoms. The molecule has 1 fully saturated rings. The van der Waals surface area contributed by atoms with Gasteiger partial charge in [-0.25, -0.2) is 0 Å². The van der Waals surface area contributed by atoms with Crippen LogP contribution in [0.5, 0.6) is 0 Å². The zero-order valence-electron chi connectivity index (χ0n) is 10.7. The molecule has 0 aromatic rings. The van der Waals surface area contributed by atoms with E-state index in [2.05, 4.69) is 37.6 Å². The number of hydrogen-bond donors (Lipinski definition) is 1. The Balaban J connectivity index is 2.31. The number of nitrogens with two attached hydrogens (primary N) is 1. The standard InChI is InChI=1S/C12H27N3/c1-10(7-13)5-6-15-8-11(2)14(4)12(3)9-15/h10-12H,5-9,13H2,1-4H3. The molecule has 1 heterocycles. The summed E-state index contributed by atoms with van der Waals surface area (Å²) in [6.45, 7) is 11.3. The van der Waals surface area contributed by atoms with Crippen LogP contribution in [0.3, 0.4) is 0 Å². The average molecular weight is 213 g/mol. The van der Waals surface area contributed by atoms with E-state index in [4.69, 9.17) is 5.73 Å². The second-order valence-corrected chi connectivity index (χ2v) is 5.25. The van der Waals surface area contributed by atoms with Crippen LogP contribution in [0.15, 0.2) is 0 Å². The summed E-state index contributed by atoms with van der Waals surface area (Å²) in [6, 6.07) is 1.36. The molecule has 0 aliphatic carbocycles. The van der Waals surface area contributed by atoms with E-state index in [9.17, 15) is 0 Å². The molecule has 1 aliphatic rings. The van der Waals surface area contributed by atoms with Gasteiger partial charge in [0.2, 0.25) is 0 Å². The first-order valence-corrected chi connectivity index (χ1v) is 6.19. The Hall–Kier alpha value is -0.120. The molecule has 0 bridgehead atoms. The monoisotopic (exact) mass is 213 g/mol.